The highest BCUT2D eigenvalue weighted by Crippen LogP contribution is 2.31. The second kappa shape index (κ2) is 9.09. The van der Waals surface area contributed by atoms with Gasteiger partial charge in [0, 0.05) is 24.7 Å². The van der Waals surface area contributed by atoms with E-state index in [-0.39, 0.29) is 36.0 Å². The maximum atomic E-state index is 13.5. The van der Waals surface area contributed by atoms with Gasteiger partial charge in [-0.1, -0.05) is 36.3 Å². The minimum absolute atomic E-state index is 0.00729. The first-order chi connectivity index (χ1) is 15.5. The third-order valence-electron chi connectivity index (χ3n) is 5.69. The highest BCUT2D eigenvalue weighted by molar-refractivity contribution is 5.96. The molecule has 4 rings (SSSR count). The third kappa shape index (κ3) is 3.89. The zero-order valence-corrected chi connectivity index (χ0v) is 17.9. The minimum atomic E-state index is -0.374. The van der Waals surface area contributed by atoms with Gasteiger partial charge in [0.15, 0.2) is 5.78 Å². The van der Waals surface area contributed by atoms with Crippen LogP contribution in [0.3, 0.4) is 0 Å². The number of carbonyl (C=O) groups is 1. The molecule has 0 spiro atoms. The van der Waals surface area contributed by atoms with Crippen LogP contribution in [0.1, 0.15) is 35.7 Å². The molecule has 32 heavy (non-hydrogen) atoms. The van der Waals surface area contributed by atoms with Crippen LogP contribution in [0.25, 0.3) is 11.0 Å². The number of nitriles is 1. The number of Topliss-reactive ketones (excluding diaryl/α,β-unsaturated/α-hetero) is 1. The molecule has 1 aliphatic rings. The van der Waals surface area contributed by atoms with Crippen molar-refractivity contribution in [2.24, 2.45) is 5.73 Å². The van der Waals surface area contributed by atoms with Crippen molar-refractivity contribution in [3.8, 4) is 17.9 Å². The lowest BCUT2D eigenvalue weighted by Gasteiger charge is -2.33. The molecular formula is C24H24N6O2. The Morgan fingerprint density at radius 2 is 2.09 bits per heavy atom. The van der Waals surface area contributed by atoms with Gasteiger partial charge in [0.05, 0.1) is 19.4 Å². The molecule has 0 unspecified atom stereocenters. The van der Waals surface area contributed by atoms with E-state index >= 15 is 0 Å². The number of nitrogens with zero attached hydrogens (tertiary/aromatic N) is 5. The first kappa shape index (κ1) is 21.4. The molecule has 0 saturated carbocycles. The summed E-state index contributed by atoms with van der Waals surface area (Å²) >= 11 is 0. The van der Waals surface area contributed by atoms with E-state index in [1.807, 2.05) is 11.0 Å². The Labute approximate surface area is 185 Å². The van der Waals surface area contributed by atoms with Crippen molar-refractivity contribution in [1.82, 2.24) is 14.1 Å². The summed E-state index contributed by atoms with van der Waals surface area (Å²) in [6, 6.07) is 11.0. The molecule has 1 saturated heterocycles. The van der Waals surface area contributed by atoms with Crippen molar-refractivity contribution >= 4 is 22.6 Å². The summed E-state index contributed by atoms with van der Waals surface area (Å²) in [4.78, 5) is 32.6. The standard InChI is InChI=1S/C24H24N6O2/c1-2-3-12-30-22-21(19(13-25)23(30)28-11-7-10-18(26)14-28)27-16-29(24(22)32)15-20(31)17-8-5-4-6-9-17/h4-6,8-9,16,18H,7,10-12,14-15,26H2,1H3/t18-/m1/s1. The molecule has 1 aromatic carbocycles. The summed E-state index contributed by atoms with van der Waals surface area (Å²) in [5, 5.41) is 9.95. The second-order valence-electron chi connectivity index (χ2n) is 7.84. The zero-order valence-electron chi connectivity index (χ0n) is 17.9. The van der Waals surface area contributed by atoms with Crippen molar-refractivity contribution in [2.45, 2.75) is 38.9 Å². The Kier molecular flexibility index (Phi) is 6.07. The number of hydrogen-bond donors (Lipinski definition) is 1. The average Bonchev–Trinajstić information content (AvgIpc) is 3.14. The molecule has 1 fully saturated rings. The molecule has 0 radical (unpaired) electrons. The molecule has 3 heterocycles. The Hall–Kier alpha value is -3.88. The third-order valence-corrected chi connectivity index (χ3v) is 5.69. The van der Waals surface area contributed by atoms with Crippen LogP contribution in [-0.4, -0.2) is 39.0 Å². The van der Waals surface area contributed by atoms with Gasteiger partial charge < -0.3 is 15.2 Å². The molecule has 1 aliphatic heterocycles. The number of fused-ring (bicyclic) bond motifs is 1. The predicted molar refractivity (Wildman–Crippen MR) is 122 cm³/mol. The highest BCUT2D eigenvalue weighted by Gasteiger charge is 2.28. The molecule has 2 N–H and O–H groups in total. The van der Waals surface area contributed by atoms with Crippen LogP contribution in [0.4, 0.5) is 5.82 Å². The molecule has 1 atom stereocenters. The Balaban J connectivity index is 1.86. The van der Waals surface area contributed by atoms with Gasteiger partial charge in [-0.3, -0.25) is 14.2 Å². The Morgan fingerprint density at radius 3 is 2.78 bits per heavy atom. The van der Waals surface area contributed by atoms with Gasteiger partial charge >= 0.3 is 0 Å². The lowest BCUT2D eigenvalue weighted by atomic mass is 10.1. The number of ketones is 1. The van der Waals surface area contributed by atoms with Crippen LogP contribution in [0.2, 0.25) is 0 Å². The predicted octanol–water partition coefficient (Wildman–Crippen LogP) is 1.90. The lowest BCUT2D eigenvalue weighted by Crippen LogP contribution is -2.44. The van der Waals surface area contributed by atoms with Gasteiger partial charge in [-0.05, 0) is 19.8 Å². The highest BCUT2D eigenvalue weighted by atomic mass is 16.1. The zero-order chi connectivity index (χ0) is 22.7. The number of benzene rings is 1. The molecular weight excluding hydrogens is 404 g/mol. The van der Waals surface area contributed by atoms with Gasteiger partial charge in [0.1, 0.15) is 28.5 Å². The van der Waals surface area contributed by atoms with E-state index in [0.29, 0.717) is 29.0 Å². The summed E-state index contributed by atoms with van der Waals surface area (Å²) in [6.45, 7) is 3.15. The van der Waals surface area contributed by atoms with Gasteiger partial charge in [-0.15, -0.1) is 5.92 Å². The second-order valence-corrected chi connectivity index (χ2v) is 7.84. The van der Waals surface area contributed by atoms with Crippen molar-refractivity contribution in [3.63, 3.8) is 0 Å². The molecule has 8 heteroatoms. The fourth-order valence-electron chi connectivity index (χ4n) is 4.18. The fourth-order valence-corrected chi connectivity index (χ4v) is 4.18. The van der Waals surface area contributed by atoms with Gasteiger partial charge in [-0.25, -0.2) is 4.98 Å². The summed E-state index contributed by atoms with van der Waals surface area (Å²) < 4.78 is 3.04. The first-order valence-electron chi connectivity index (χ1n) is 10.5. The van der Waals surface area contributed by atoms with Gasteiger partial charge in [0.2, 0.25) is 0 Å². The summed E-state index contributed by atoms with van der Waals surface area (Å²) in [5.41, 5.74) is 7.27. The van der Waals surface area contributed by atoms with Crippen molar-refractivity contribution in [2.75, 3.05) is 18.0 Å². The van der Waals surface area contributed by atoms with E-state index in [1.54, 1.807) is 35.8 Å². The number of anilines is 1. The number of hydrogen-bond acceptors (Lipinski definition) is 6. The van der Waals surface area contributed by atoms with Crippen LogP contribution >= 0.6 is 0 Å². The number of piperidine rings is 1. The quantitative estimate of drug-likeness (QED) is 0.491. The first-order valence-corrected chi connectivity index (χ1v) is 10.5. The van der Waals surface area contributed by atoms with E-state index in [0.717, 1.165) is 19.4 Å². The van der Waals surface area contributed by atoms with Crippen LogP contribution < -0.4 is 16.2 Å². The Bertz CT molecular complexity index is 1320. The smallest absolute Gasteiger partial charge is 0.278 e. The van der Waals surface area contributed by atoms with Crippen LogP contribution in [-0.2, 0) is 13.1 Å². The molecule has 162 valence electrons. The van der Waals surface area contributed by atoms with Crippen molar-refractivity contribution in [1.29, 1.82) is 5.26 Å². The molecule has 0 amide bonds. The maximum absolute atomic E-state index is 13.5. The molecule has 0 bridgehead atoms. The fraction of sp³-hybridized carbons (Fsp3) is 0.333. The van der Waals surface area contributed by atoms with Crippen molar-refractivity contribution in [3.05, 3.63) is 58.1 Å². The van der Waals surface area contributed by atoms with E-state index in [1.165, 1.54) is 10.9 Å². The number of rotatable bonds is 5. The van der Waals surface area contributed by atoms with E-state index in [2.05, 4.69) is 22.9 Å². The number of aromatic nitrogens is 3. The van der Waals surface area contributed by atoms with E-state index < -0.39 is 0 Å². The lowest BCUT2D eigenvalue weighted by molar-refractivity contribution is 0.0970. The van der Waals surface area contributed by atoms with Crippen LogP contribution in [0, 0.1) is 23.2 Å². The largest absolute Gasteiger partial charge is 0.355 e. The maximum Gasteiger partial charge on any atom is 0.278 e. The number of carbonyl (C=O) groups excluding carboxylic acids is 1. The molecule has 3 aromatic rings. The number of nitrogens with two attached hydrogens (primary N) is 1. The topological polar surface area (TPSA) is 110 Å². The van der Waals surface area contributed by atoms with Gasteiger partial charge in [-0.2, -0.15) is 5.26 Å². The minimum Gasteiger partial charge on any atom is -0.355 e. The summed E-state index contributed by atoms with van der Waals surface area (Å²) in [7, 11) is 0. The van der Waals surface area contributed by atoms with E-state index in [9.17, 15) is 14.9 Å². The normalized spacial score (nSPS) is 15.8. The molecule has 8 nitrogen and oxygen atoms in total. The van der Waals surface area contributed by atoms with Crippen molar-refractivity contribution < 1.29 is 4.79 Å². The summed E-state index contributed by atoms with van der Waals surface area (Å²) in [6.07, 6.45) is 3.16. The Morgan fingerprint density at radius 1 is 1.31 bits per heavy atom. The summed E-state index contributed by atoms with van der Waals surface area (Å²) in [5.74, 6) is 6.29. The van der Waals surface area contributed by atoms with E-state index in [4.69, 9.17) is 5.73 Å². The molecule has 2 aromatic heterocycles. The van der Waals surface area contributed by atoms with Crippen LogP contribution in [0.5, 0.6) is 0 Å². The average molecular weight is 428 g/mol. The SMILES string of the molecule is CC#CCn1c(N2CCC[C@@H](N)C2)c(C#N)c2ncn(CC(=O)c3ccccc3)c(=O)c21. The monoisotopic (exact) mass is 428 g/mol. The molecule has 0 aliphatic carbocycles. The van der Waals surface area contributed by atoms with Gasteiger partial charge in [0.25, 0.3) is 5.56 Å². The van der Waals surface area contributed by atoms with Crippen LogP contribution in [0.15, 0.2) is 41.5 Å².